The van der Waals surface area contributed by atoms with Crippen LogP contribution >= 0.6 is 0 Å². The van der Waals surface area contributed by atoms with Gasteiger partial charge in [0.15, 0.2) is 5.76 Å². The minimum Gasteiger partial charge on any atom is -0.507 e. The van der Waals surface area contributed by atoms with Crippen molar-refractivity contribution in [1.82, 2.24) is 5.16 Å². The second-order valence-electron chi connectivity index (χ2n) is 8.52. The number of ketones is 1. The maximum Gasteiger partial charge on any atom is 0.300 e. The lowest BCUT2D eigenvalue weighted by molar-refractivity contribution is -0.132. The number of aliphatic hydroxyl groups excluding tert-OH is 2. The van der Waals surface area contributed by atoms with E-state index in [1.807, 2.05) is 0 Å². The molecule has 2 N–H and O–H groups in total. The fourth-order valence-corrected chi connectivity index (χ4v) is 4.51. The summed E-state index contributed by atoms with van der Waals surface area (Å²) >= 11 is 0. The average Bonchev–Trinajstić information content (AvgIpc) is 3.55. The van der Waals surface area contributed by atoms with Gasteiger partial charge in [-0.05, 0) is 42.5 Å². The zero-order chi connectivity index (χ0) is 26.8. The molecule has 0 radical (unpaired) electrons. The third-order valence-electron chi connectivity index (χ3n) is 6.40. The van der Waals surface area contributed by atoms with Crippen molar-refractivity contribution in [2.24, 2.45) is 0 Å². The topological polar surface area (TPSA) is 122 Å². The molecule has 0 spiro atoms. The number of rotatable bonds is 7. The molecule has 9 heteroatoms. The molecule has 1 unspecified atom stereocenters. The van der Waals surface area contributed by atoms with E-state index in [1.165, 1.54) is 19.1 Å². The van der Waals surface area contributed by atoms with Gasteiger partial charge in [-0.25, -0.2) is 0 Å². The number of carbonyl (C=O) groups is 2. The molecule has 0 aliphatic carbocycles. The number of hydrogen-bond donors (Lipinski definition) is 2. The summed E-state index contributed by atoms with van der Waals surface area (Å²) in [6.07, 6.45) is 0. The lowest BCUT2D eigenvalue weighted by atomic mass is 9.94. The van der Waals surface area contributed by atoms with E-state index in [4.69, 9.17) is 14.0 Å². The molecular formula is C29H24N2O7. The maximum atomic E-state index is 13.4. The quantitative estimate of drug-likeness (QED) is 0.211. The van der Waals surface area contributed by atoms with E-state index in [2.05, 4.69) is 5.16 Å². The van der Waals surface area contributed by atoms with Crippen molar-refractivity contribution in [3.8, 4) is 22.8 Å². The van der Waals surface area contributed by atoms with Crippen LogP contribution in [-0.4, -0.2) is 41.3 Å². The van der Waals surface area contributed by atoms with Gasteiger partial charge in [-0.2, -0.15) is 0 Å². The van der Waals surface area contributed by atoms with Crippen LogP contribution in [0.4, 0.5) is 5.69 Å². The zero-order valence-electron chi connectivity index (χ0n) is 20.6. The largest absolute Gasteiger partial charge is 0.507 e. The summed E-state index contributed by atoms with van der Waals surface area (Å²) in [6, 6.07) is 21.1. The van der Waals surface area contributed by atoms with Crippen LogP contribution in [0.15, 0.2) is 89.0 Å². The number of amides is 1. The van der Waals surface area contributed by atoms with E-state index in [-0.39, 0.29) is 17.9 Å². The number of aliphatic hydroxyl groups is 2. The Hall–Kier alpha value is -4.89. The molecule has 3 aromatic carbocycles. The van der Waals surface area contributed by atoms with E-state index in [0.717, 1.165) is 0 Å². The van der Waals surface area contributed by atoms with Crippen molar-refractivity contribution in [1.29, 1.82) is 0 Å². The summed E-state index contributed by atoms with van der Waals surface area (Å²) in [4.78, 5) is 28.2. The SMILES string of the molecule is COc1ccc(C(O)=C2C(=O)C(=O)N(c3ccc(-c4cc(CO)on4)cc3)C2c2ccccc2OC)cc1. The van der Waals surface area contributed by atoms with Crippen molar-refractivity contribution in [2.75, 3.05) is 19.1 Å². The van der Waals surface area contributed by atoms with Crippen LogP contribution in [0.1, 0.15) is 22.9 Å². The van der Waals surface area contributed by atoms with Gasteiger partial charge >= 0.3 is 0 Å². The number of ether oxygens (including phenoxy) is 2. The Kier molecular flexibility index (Phi) is 6.68. The van der Waals surface area contributed by atoms with Crippen LogP contribution in [-0.2, 0) is 16.2 Å². The number of carbonyl (C=O) groups excluding carboxylic acids is 2. The molecule has 1 aliphatic heterocycles. The van der Waals surface area contributed by atoms with Gasteiger partial charge in [0.2, 0.25) is 0 Å². The Bertz CT molecular complexity index is 1520. The standard InChI is InChI=1S/C29H24N2O7/c1-36-20-13-9-18(10-14-20)27(33)25-26(22-5-3-4-6-24(22)37-2)31(29(35)28(25)34)19-11-7-17(8-12-19)23-15-21(16-32)38-30-23/h3-15,26,32-33H,16H2,1-2H3. The van der Waals surface area contributed by atoms with E-state index in [9.17, 15) is 19.8 Å². The van der Waals surface area contributed by atoms with Crippen LogP contribution in [0, 0.1) is 0 Å². The summed E-state index contributed by atoms with van der Waals surface area (Å²) in [5.74, 6) is -0.540. The minimum atomic E-state index is -0.952. The fourth-order valence-electron chi connectivity index (χ4n) is 4.51. The zero-order valence-corrected chi connectivity index (χ0v) is 20.6. The summed E-state index contributed by atoms with van der Waals surface area (Å²) in [6.45, 7) is -0.275. The number of aromatic nitrogens is 1. The number of methoxy groups -OCH3 is 2. The molecule has 1 aliphatic rings. The fraction of sp³-hybridized carbons (Fsp3) is 0.138. The van der Waals surface area contributed by atoms with Gasteiger partial charge in [-0.3, -0.25) is 14.5 Å². The maximum absolute atomic E-state index is 13.4. The second kappa shape index (κ2) is 10.2. The molecule has 0 bridgehead atoms. The molecule has 1 atom stereocenters. The van der Waals surface area contributed by atoms with Crippen molar-refractivity contribution in [3.63, 3.8) is 0 Å². The van der Waals surface area contributed by atoms with Crippen molar-refractivity contribution in [3.05, 3.63) is 101 Å². The van der Waals surface area contributed by atoms with Gasteiger partial charge in [0.05, 0.1) is 25.8 Å². The third-order valence-corrected chi connectivity index (χ3v) is 6.40. The Labute approximate surface area is 218 Å². The summed E-state index contributed by atoms with van der Waals surface area (Å²) in [5, 5.41) is 24.5. The van der Waals surface area contributed by atoms with Crippen LogP contribution in [0.5, 0.6) is 11.5 Å². The van der Waals surface area contributed by atoms with Crippen molar-refractivity contribution < 1.29 is 33.8 Å². The lowest BCUT2D eigenvalue weighted by Crippen LogP contribution is -2.29. The molecule has 0 saturated carbocycles. The van der Waals surface area contributed by atoms with Gasteiger partial charge < -0.3 is 24.2 Å². The first-order chi connectivity index (χ1) is 18.5. The number of benzene rings is 3. The molecule has 1 saturated heterocycles. The first kappa shape index (κ1) is 24.8. The minimum absolute atomic E-state index is 0.0576. The summed E-state index contributed by atoms with van der Waals surface area (Å²) in [5.41, 5.74) is 2.50. The highest BCUT2D eigenvalue weighted by molar-refractivity contribution is 6.51. The van der Waals surface area contributed by atoms with E-state index >= 15 is 0 Å². The molecule has 1 aromatic heterocycles. The molecule has 1 amide bonds. The molecule has 38 heavy (non-hydrogen) atoms. The smallest absolute Gasteiger partial charge is 0.300 e. The number of hydrogen-bond acceptors (Lipinski definition) is 8. The molecule has 192 valence electrons. The highest BCUT2D eigenvalue weighted by atomic mass is 16.5. The Morgan fingerprint density at radius 2 is 1.68 bits per heavy atom. The van der Waals surface area contributed by atoms with Gasteiger partial charge in [-0.1, -0.05) is 35.5 Å². The normalized spacial score (nSPS) is 16.6. The van der Waals surface area contributed by atoms with Gasteiger partial charge in [0.1, 0.15) is 29.6 Å². The molecular weight excluding hydrogens is 488 g/mol. The number of Topliss-reactive ketones (excluding diaryl/α,β-unsaturated/α-hetero) is 1. The van der Waals surface area contributed by atoms with Crippen LogP contribution in [0.3, 0.4) is 0 Å². The van der Waals surface area contributed by atoms with E-state index in [0.29, 0.717) is 45.3 Å². The van der Waals surface area contributed by atoms with E-state index < -0.39 is 17.7 Å². The Morgan fingerprint density at radius 3 is 2.32 bits per heavy atom. The van der Waals surface area contributed by atoms with Gasteiger partial charge in [0.25, 0.3) is 11.7 Å². The highest BCUT2D eigenvalue weighted by Crippen LogP contribution is 2.45. The van der Waals surface area contributed by atoms with Crippen LogP contribution in [0.25, 0.3) is 17.0 Å². The average molecular weight is 513 g/mol. The molecule has 5 rings (SSSR count). The third kappa shape index (κ3) is 4.29. The van der Waals surface area contributed by atoms with Crippen molar-refractivity contribution in [2.45, 2.75) is 12.6 Å². The number of para-hydroxylation sites is 1. The van der Waals surface area contributed by atoms with Gasteiger partial charge in [-0.15, -0.1) is 0 Å². The number of nitrogens with zero attached hydrogens (tertiary/aromatic N) is 2. The lowest BCUT2D eigenvalue weighted by Gasteiger charge is -2.26. The molecule has 1 fully saturated rings. The molecule has 9 nitrogen and oxygen atoms in total. The van der Waals surface area contributed by atoms with Crippen LogP contribution in [0.2, 0.25) is 0 Å². The van der Waals surface area contributed by atoms with Crippen molar-refractivity contribution >= 4 is 23.1 Å². The second-order valence-corrected chi connectivity index (χ2v) is 8.52. The van der Waals surface area contributed by atoms with Crippen LogP contribution < -0.4 is 14.4 Å². The Morgan fingerprint density at radius 1 is 0.974 bits per heavy atom. The van der Waals surface area contributed by atoms with Gasteiger partial charge in [0, 0.05) is 28.4 Å². The number of anilines is 1. The molecule has 4 aromatic rings. The first-order valence-corrected chi connectivity index (χ1v) is 11.7. The van der Waals surface area contributed by atoms with E-state index in [1.54, 1.807) is 78.9 Å². The monoisotopic (exact) mass is 512 g/mol. The summed E-state index contributed by atoms with van der Waals surface area (Å²) in [7, 11) is 3.03. The highest BCUT2D eigenvalue weighted by Gasteiger charge is 2.47. The summed E-state index contributed by atoms with van der Waals surface area (Å²) < 4.78 is 15.8. The Balaban J connectivity index is 1.64. The first-order valence-electron chi connectivity index (χ1n) is 11.7. The predicted octanol–water partition coefficient (Wildman–Crippen LogP) is 4.48. The molecule has 2 heterocycles. The predicted molar refractivity (Wildman–Crippen MR) is 139 cm³/mol.